The number of amides is 1. The number of likely N-dealkylation sites (tertiary alicyclic amines) is 2. The number of aromatic nitrogens is 2. The first kappa shape index (κ1) is 14.4. The average Bonchev–Trinajstić information content (AvgIpc) is 2.93. The Labute approximate surface area is 125 Å². The monoisotopic (exact) mass is 291 g/mol. The fourth-order valence-electron chi connectivity index (χ4n) is 3.83. The summed E-state index contributed by atoms with van der Waals surface area (Å²) in [6.45, 7) is 6.15. The normalized spacial score (nSPS) is 26.7. The van der Waals surface area contributed by atoms with Crippen LogP contribution in [0.5, 0.6) is 0 Å². The van der Waals surface area contributed by atoms with E-state index in [1.54, 1.807) is 10.7 Å². The molecule has 1 unspecified atom stereocenters. The van der Waals surface area contributed by atoms with Gasteiger partial charge in [-0.15, -0.1) is 0 Å². The maximum atomic E-state index is 12.5. The molecule has 1 spiro atoms. The van der Waals surface area contributed by atoms with Crippen molar-refractivity contribution in [2.75, 3.05) is 39.0 Å². The van der Waals surface area contributed by atoms with Gasteiger partial charge < -0.3 is 15.5 Å². The number of nitrogen functional groups attached to an aromatic ring is 1. The van der Waals surface area contributed by atoms with Crippen LogP contribution in [0.25, 0.3) is 0 Å². The second-order valence-corrected chi connectivity index (χ2v) is 6.77. The lowest BCUT2D eigenvalue weighted by atomic mass is 9.79. The van der Waals surface area contributed by atoms with Gasteiger partial charge in [0, 0.05) is 31.1 Å². The number of hydrogen-bond acceptors (Lipinski definition) is 4. The van der Waals surface area contributed by atoms with Crippen LogP contribution in [0, 0.1) is 12.3 Å². The van der Waals surface area contributed by atoms with E-state index < -0.39 is 0 Å². The fraction of sp³-hybridized carbons (Fsp3) is 0.733. The Hall–Kier alpha value is -1.56. The first-order valence-electron chi connectivity index (χ1n) is 7.74. The Morgan fingerprint density at radius 3 is 2.81 bits per heavy atom. The topological polar surface area (TPSA) is 67.4 Å². The molecule has 116 valence electrons. The van der Waals surface area contributed by atoms with Gasteiger partial charge in [-0.05, 0) is 39.8 Å². The van der Waals surface area contributed by atoms with Crippen LogP contribution < -0.4 is 5.73 Å². The lowest BCUT2D eigenvalue weighted by Crippen LogP contribution is -2.48. The van der Waals surface area contributed by atoms with Crippen molar-refractivity contribution >= 4 is 11.7 Å². The van der Waals surface area contributed by atoms with Gasteiger partial charge in [-0.25, -0.2) is 4.68 Å². The van der Waals surface area contributed by atoms with Crippen LogP contribution in [0.1, 0.15) is 25.0 Å². The molecule has 0 aromatic carbocycles. The molecule has 2 saturated heterocycles. The van der Waals surface area contributed by atoms with Crippen LogP contribution in [-0.4, -0.2) is 58.7 Å². The number of aryl methyl sites for hydroxylation is 1. The zero-order valence-corrected chi connectivity index (χ0v) is 13.0. The Bertz CT molecular complexity index is 536. The molecule has 2 fully saturated rings. The van der Waals surface area contributed by atoms with Crippen molar-refractivity contribution in [2.45, 2.75) is 32.7 Å². The maximum absolute atomic E-state index is 12.5. The van der Waals surface area contributed by atoms with Crippen molar-refractivity contribution in [3.63, 3.8) is 0 Å². The van der Waals surface area contributed by atoms with E-state index in [9.17, 15) is 4.79 Å². The van der Waals surface area contributed by atoms with Crippen molar-refractivity contribution in [2.24, 2.45) is 5.41 Å². The highest BCUT2D eigenvalue weighted by Gasteiger charge is 2.41. The summed E-state index contributed by atoms with van der Waals surface area (Å²) in [5.41, 5.74) is 7.04. The molecule has 6 heteroatoms. The molecule has 1 aromatic rings. The van der Waals surface area contributed by atoms with E-state index in [0.717, 1.165) is 38.3 Å². The van der Waals surface area contributed by atoms with Crippen molar-refractivity contribution in [3.8, 4) is 0 Å². The molecule has 6 nitrogen and oxygen atoms in total. The Kier molecular flexibility index (Phi) is 3.65. The van der Waals surface area contributed by atoms with Gasteiger partial charge in [0.05, 0.1) is 5.69 Å². The molecule has 2 N–H and O–H groups in total. The summed E-state index contributed by atoms with van der Waals surface area (Å²) in [5.74, 6) is 0.701. The summed E-state index contributed by atoms with van der Waals surface area (Å²) in [7, 11) is 2.17. The Morgan fingerprint density at radius 2 is 2.19 bits per heavy atom. The highest BCUT2D eigenvalue weighted by Crippen LogP contribution is 2.38. The number of carbonyl (C=O) groups is 1. The summed E-state index contributed by atoms with van der Waals surface area (Å²) in [6, 6.07) is 1.80. The van der Waals surface area contributed by atoms with Gasteiger partial charge in [0.15, 0.2) is 0 Å². The predicted octanol–water partition coefficient (Wildman–Crippen LogP) is 0.718. The second-order valence-electron chi connectivity index (χ2n) is 6.77. The first-order valence-corrected chi connectivity index (χ1v) is 7.74. The minimum absolute atomic E-state index is 0.137. The summed E-state index contributed by atoms with van der Waals surface area (Å²) in [6.07, 6.45) is 3.55. The number of piperidine rings is 1. The van der Waals surface area contributed by atoms with E-state index in [-0.39, 0.29) is 12.5 Å². The lowest BCUT2D eigenvalue weighted by molar-refractivity contribution is -0.135. The van der Waals surface area contributed by atoms with Crippen LogP contribution >= 0.6 is 0 Å². The zero-order valence-electron chi connectivity index (χ0n) is 13.0. The number of hydrogen-bond donors (Lipinski definition) is 1. The average molecular weight is 291 g/mol. The van der Waals surface area contributed by atoms with E-state index in [1.807, 2.05) is 11.8 Å². The quantitative estimate of drug-likeness (QED) is 0.872. The Morgan fingerprint density at radius 1 is 1.38 bits per heavy atom. The molecule has 21 heavy (non-hydrogen) atoms. The van der Waals surface area contributed by atoms with E-state index >= 15 is 0 Å². The minimum Gasteiger partial charge on any atom is -0.384 e. The van der Waals surface area contributed by atoms with Gasteiger partial charge in [0.1, 0.15) is 12.4 Å². The van der Waals surface area contributed by atoms with Crippen molar-refractivity contribution in [1.29, 1.82) is 0 Å². The first-order chi connectivity index (χ1) is 9.97. The van der Waals surface area contributed by atoms with Crippen LogP contribution in [0.2, 0.25) is 0 Å². The van der Waals surface area contributed by atoms with Crippen LogP contribution in [0.4, 0.5) is 5.82 Å². The zero-order chi connectivity index (χ0) is 15.0. The van der Waals surface area contributed by atoms with Gasteiger partial charge in [-0.3, -0.25) is 4.79 Å². The molecule has 0 saturated carbocycles. The van der Waals surface area contributed by atoms with Crippen LogP contribution in [0.3, 0.4) is 0 Å². The SMILES string of the molecule is Cc1cc(N)n(CC(=O)N2CCCC3(CCN(C)C3)C2)n1. The molecule has 3 rings (SSSR count). The molecule has 1 atom stereocenters. The standard InChI is InChI=1S/C15H25N5O/c1-12-8-13(16)20(17-12)9-14(21)19-6-3-4-15(11-19)5-7-18(2)10-15/h8H,3-7,9-11,16H2,1-2H3. The van der Waals surface area contributed by atoms with Gasteiger partial charge in [0.2, 0.25) is 5.91 Å². The predicted molar refractivity (Wildman–Crippen MR) is 81.7 cm³/mol. The van der Waals surface area contributed by atoms with Gasteiger partial charge in [-0.1, -0.05) is 0 Å². The number of anilines is 1. The van der Waals surface area contributed by atoms with Gasteiger partial charge in [0.25, 0.3) is 0 Å². The van der Waals surface area contributed by atoms with Crippen molar-refractivity contribution in [1.82, 2.24) is 19.6 Å². The minimum atomic E-state index is 0.137. The molecule has 0 radical (unpaired) electrons. The molecule has 2 aliphatic rings. The number of nitrogens with two attached hydrogens (primary N) is 1. The molecule has 0 bridgehead atoms. The third-order valence-electron chi connectivity index (χ3n) is 4.86. The third-order valence-corrected chi connectivity index (χ3v) is 4.86. The molecular weight excluding hydrogens is 266 g/mol. The summed E-state index contributed by atoms with van der Waals surface area (Å²) >= 11 is 0. The Balaban J connectivity index is 1.66. The van der Waals surface area contributed by atoms with Crippen molar-refractivity contribution in [3.05, 3.63) is 11.8 Å². The molecule has 1 aromatic heterocycles. The highest BCUT2D eigenvalue weighted by atomic mass is 16.2. The van der Waals surface area contributed by atoms with E-state index in [1.165, 1.54) is 12.8 Å². The van der Waals surface area contributed by atoms with Crippen LogP contribution in [-0.2, 0) is 11.3 Å². The lowest BCUT2D eigenvalue weighted by Gasteiger charge is -2.40. The molecule has 2 aliphatic heterocycles. The second kappa shape index (κ2) is 5.33. The highest BCUT2D eigenvalue weighted by molar-refractivity contribution is 5.76. The van der Waals surface area contributed by atoms with E-state index in [2.05, 4.69) is 17.0 Å². The third kappa shape index (κ3) is 2.90. The number of carbonyl (C=O) groups excluding carboxylic acids is 1. The van der Waals surface area contributed by atoms with Gasteiger partial charge in [-0.2, -0.15) is 5.10 Å². The van der Waals surface area contributed by atoms with Gasteiger partial charge >= 0.3 is 0 Å². The van der Waals surface area contributed by atoms with Crippen LogP contribution in [0.15, 0.2) is 6.07 Å². The van der Waals surface area contributed by atoms with E-state index in [0.29, 0.717) is 11.2 Å². The maximum Gasteiger partial charge on any atom is 0.244 e. The number of nitrogens with zero attached hydrogens (tertiary/aromatic N) is 4. The smallest absolute Gasteiger partial charge is 0.244 e. The molecule has 1 amide bonds. The fourth-order valence-corrected chi connectivity index (χ4v) is 3.83. The summed E-state index contributed by atoms with van der Waals surface area (Å²) < 4.78 is 1.61. The largest absolute Gasteiger partial charge is 0.384 e. The number of rotatable bonds is 2. The molecule has 0 aliphatic carbocycles. The van der Waals surface area contributed by atoms with E-state index in [4.69, 9.17) is 5.73 Å². The molecule has 3 heterocycles. The molecular formula is C15H25N5O. The van der Waals surface area contributed by atoms with Crippen molar-refractivity contribution < 1.29 is 4.79 Å². The summed E-state index contributed by atoms with van der Waals surface area (Å²) in [5, 5.41) is 4.28. The summed E-state index contributed by atoms with van der Waals surface area (Å²) in [4.78, 5) is 16.9.